The van der Waals surface area contributed by atoms with Crippen molar-refractivity contribution in [3.63, 3.8) is 0 Å². The summed E-state index contributed by atoms with van der Waals surface area (Å²) in [6, 6.07) is 0. The maximum absolute atomic E-state index is 12.1. The number of alkyl carbamates (subject to hydrolysis) is 2. The molecule has 0 aliphatic carbocycles. The van der Waals surface area contributed by atoms with Crippen molar-refractivity contribution in [2.24, 2.45) is 0 Å². The Hall–Kier alpha value is -1.75. The molecule has 0 saturated carbocycles. The normalized spacial score (nSPS) is 29.1. The molecule has 0 radical (unpaired) electrons. The fraction of sp³-hybridized carbons (Fsp3) is 0.929. The van der Waals surface area contributed by atoms with Crippen LogP contribution in [-0.2, 0) is 42.0 Å². The van der Waals surface area contributed by atoms with Crippen LogP contribution < -0.4 is 10.6 Å². The fourth-order valence-electron chi connectivity index (χ4n) is 4.75. The Kier molecular flexibility index (Phi) is 21.0. The molecule has 288 valence electrons. The lowest BCUT2D eigenvalue weighted by atomic mass is 10.0. The van der Waals surface area contributed by atoms with Crippen molar-refractivity contribution in [3.05, 3.63) is 0 Å². The molecule has 9 N–H and O–H groups in total. The van der Waals surface area contributed by atoms with Crippen molar-refractivity contribution in [2.45, 2.75) is 107 Å². The Bertz CT molecular complexity index is 922. The first kappa shape index (κ1) is 43.4. The van der Waals surface area contributed by atoms with Crippen LogP contribution in [0.15, 0.2) is 0 Å². The summed E-state index contributed by atoms with van der Waals surface area (Å²) >= 11 is 0. The van der Waals surface area contributed by atoms with E-state index in [1.165, 1.54) is 0 Å². The monoisotopic (exact) mass is 736 g/mol. The molecule has 0 bridgehead atoms. The Labute approximate surface area is 284 Å². The van der Waals surface area contributed by atoms with Gasteiger partial charge in [-0.25, -0.2) is 14.2 Å². The first-order chi connectivity index (χ1) is 23.4. The minimum Gasteiger partial charge on any atom is -0.447 e. The summed E-state index contributed by atoms with van der Waals surface area (Å²) in [7, 11) is -3.57. The van der Waals surface area contributed by atoms with Crippen LogP contribution in [0.2, 0.25) is 0 Å². The van der Waals surface area contributed by atoms with Gasteiger partial charge in [0.25, 0.3) is 0 Å². The van der Waals surface area contributed by atoms with Crippen molar-refractivity contribution >= 4 is 20.0 Å². The molecular weight excluding hydrogens is 683 g/mol. The largest absolute Gasteiger partial charge is 0.472 e. The van der Waals surface area contributed by atoms with Gasteiger partial charge in [-0.1, -0.05) is 0 Å². The number of aliphatic hydroxyl groups excluding tert-OH is 6. The Morgan fingerprint density at radius 2 is 1.18 bits per heavy atom. The maximum atomic E-state index is 12.1. The quantitative estimate of drug-likeness (QED) is 0.0431. The molecule has 2 heterocycles. The Morgan fingerprint density at radius 1 is 0.755 bits per heavy atom. The molecule has 2 saturated heterocycles. The van der Waals surface area contributed by atoms with Gasteiger partial charge in [-0.2, -0.15) is 0 Å². The first-order valence-electron chi connectivity index (χ1n) is 16.2. The molecule has 2 rings (SSSR count). The molecule has 2 fully saturated rings. The summed E-state index contributed by atoms with van der Waals surface area (Å²) in [5, 5.41) is 62.6. The summed E-state index contributed by atoms with van der Waals surface area (Å²) in [4.78, 5) is 33.9. The molecule has 0 aromatic carbocycles. The number of nitrogens with one attached hydrogen (secondary N) is 2. The number of ether oxygens (including phenoxy) is 6. The standard InChI is InChI=1S/C28H53N2O18P/c1-41-49(39,40)48-18(16-44-27(37)29-8-4-2-6-10-42-23-12-19(33)25(35)21(14-31)46-23)17-45-28(38)30-9-5-3-7-11-43-24-13-20(34)26(36)22(15-32)47-24/h18-26,31-36H,2-17H2,1H3,(H,29,37)(H,30,38)(H,39,40)/t18?,19-,20-,21-,22?,23-,24-,25-,26-/m1/s1. The highest BCUT2D eigenvalue weighted by atomic mass is 31.2. The zero-order valence-electron chi connectivity index (χ0n) is 27.6. The number of phosphoric ester groups is 1. The molecule has 21 heteroatoms. The van der Waals surface area contributed by atoms with Gasteiger partial charge in [-0.05, 0) is 38.5 Å². The lowest BCUT2D eigenvalue weighted by Gasteiger charge is -2.36. The van der Waals surface area contributed by atoms with E-state index >= 15 is 0 Å². The van der Waals surface area contributed by atoms with Gasteiger partial charge in [0.2, 0.25) is 0 Å². The number of unbranched alkanes of at least 4 members (excludes halogenated alkanes) is 4. The molecule has 0 spiro atoms. The van der Waals surface area contributed by atoms with Gasteiger partial charge >= 0.3 is 20.0 Å². The van der Waals surface area contributed by atoms with Crippen LogP contribution in [0, 0.1) is 0 Å². The van der Waals surface area contributed by atoms with E-state index in [4.69, 9.17) is 32.9 Å². The second kappa shape index (κ2) is 23.7. The lowest BCUT2D eigenvalue weighted by Crippen LogP contribution is -2.50. The van der Waals surface area contributed by atoms with E-state index in [0.29, 0.717) is 51.7 Å². The van der Waals surface area contributed by atoms with Gasteiger partial charge in [0.05, 0.1) is 25.4 Å². The zero-order chi connectivity index (χ0) is 36.2. The number of aliphatic hydroxyl groups is 6. The molecule has 0 aromatic heterocycles. The van der Waals surface area contributed by atoms with E-state index in [1.807, 2.05) is 0 Å². The van der Waals surface area contributed by atoms with Crippen molar-refractivity contribution in [3.8, 4) is 0 Å². The minimum absolute atomic E-state index is 0.0752. The topological polar surface area (TPSA) is 291 Å². The number of hydrogen-bond donors (Lipinski definition) is 9. The minimum atomic E-state index is -4.51. The van der Waals surface area contributed by atoms with Crippen LogP contribution in [0.25, 0.3) is 0 Å². The van der Waals surface area contributed by atoms with Crippen molar-refractivity contribution in [1.82, 2.24) is 10.6 Å². The van der Waals surface area contributed by atoms with Gasteiger partial charge in [0, 0.05) is 46.3 Å². The third-order valence-corrected chi connectivity index (χ3v) is 8.56. The third-order valence-electron chi connectivity index (χ3n) is 7.53. The summed E-state index contributed by atoms with van der Waals surface area (Å²) in [5.74, 6) is 0. The predicted octanol–water partition coefficient (Wildman–Crippen LogP) is -1.40. The van der Waals surface area contributed by atoms with Crippen LogP contribution in [0.5, 0.6) is 0 Å². The smallest absolute Gasteiger partial charge is 0.447 e. The molecule has 3 unspecified atom stereocenters. The van der Waals surface area contributed by atoms with Crippen LogP contribution in [0.1, 0.15) is 51.4 Å². The summed E-state index contributed by atoms with van der Waals surface area (Å²) < 4.78 is 53.1. The average molecular weight is 737 g/mol. The highest BCUT2D eigenvalue weighted by Gasteiger charge is 2.37. The summed E-state index contributed by atoms with van der Waals surface area (Å²) in [5.41, 5.74) is 0. The summed E-state index contributed by atoms with van der Waals surface area (Å²) in [6.45, 7) is -0.885. The Balaban J connectivity index is 1.56. The van der Waals surface area contributed by atoms with Gasteiger partial charge in [0.15, 0.2) is 12.6 Å². The van der Waals surface area contributed by atoms with Crippen molar-refractivity contribution in [2.75, 3.05) is 59.8 Å². The second-order valence-corrected chi connectivity index (χ2v) is 13.0. The number of hydrogen-bond acceptors (Lipinski definition) is 17. The Morgan fingerprint density at radius 3 is 1.57 bits per heavy atom. The van der Waals surface area contributed by atoms with E-state index in [9.17, 15) is 49.7 Å². The van der Waals surface area contributed by atoms with E-state index in [1.54, 1.807) is 0 Å². The molecular formula is C28H53N2O18P. The number of carbonyl (C=O) groups excluding carboxylic acids is 2. The molecule has 2 aliphatic rings. The number of carbonyl (C=O) groups is 2. The highest BCUT2D eigenvalue weighted by molar-refractivity contribution is 7.47. The number of rotatable bonds is 23. The van der Waals surface area contributed by atoms with Crippen LogP contribution >= 0.6 is 7.82 Å². The lowest BCUT2D eigenvalue weighted by molar-refractivity contribution is -0.257. The zero-order valence-corrected chi connectivity index (χ0v) is 28.5. The molecule has 2 aliphatic heterocycles. The van der Waals surface area contributed by atoms with Gasteiger partial charge in [0.1, 0.15) is 43.7 Å². The van der Waals surface area contributed by atoms with Crippen LogP contribution in [-0.4, -0.2) is 163 Å². The van der Waals surface area contributed by atoms with E-state index in [0.717, 1.165) is 7.11 Å². The number of amides is 2. The van der Waals surface area contributed by atoms with Crippen molar-refractivity contribution in [1.29, 1.82) is 0 Å². The number of phosphoric acid groups is 1. The fourth-order valence-corrected chi connectivity index (χ4v) is 5.33. The van der Waals surface area contributed by atoms with Gasteiger partial charge in [-0.15, -0.1) is 0 Å². The molecule has 0 aromatic rings. The van der Waals surface area contributed by atoms with Gasteiger partial charge in [-0.3, -0.25) is 9.05 Å². The van der Waals surface area contributed by atoms with Crippen LogP contribution in [0.3, 0.4) is 0 Å². The van der Waals surface area contributed by atoms with E-state index in [-0.39, 0.29) is 25.9 Å². The first-order valence-corrected chi connectivity index (χ1v) is 17.7. The van der Waals surface area contributed by atoms with E-state index < -0.39 is 102 Å². The second-order valence-electron chi connectivity index (χ2n) is 11.5. The molecule has 2 amide bonds. The third kappa shape index (κ3) is 17.3. The summed E-state index contributed by atoms with van der Waals surface area (Å²) in [6.07, 6.45) is -7.03. The molecule has 49 heavy (non-hydrogen) atoms. The van der Waals surface area contributed by atoms with E-state index in [2.05, 4.69) is 15.2 Å². The highest BCUT2D eigenvalue weighted by Crippen LogP contribution is 2.43. The van der Waals surface area contributed by atoms with Crippen molar-refractivity contribution < 1.29 is 87.2 Å². The molecule has 10 atom stereocenters. The van der Waals surface area contributed by atoms with Gasteiger partial charge < -0.3 is 74.6 Å². The average Bonchev–Trinajstić information content (AvgIpc) is 3.07. The predicted molar refractivity (Wildman–Crippen MR) is 165 cm³/mol. The molecule has 20 nitrogen and oxygen atoms in total. The van der Waals surface area contributed by atoms with Crippen LogP contribution in [0.4, 0.5) is 9.59 Å². The SMILES string of the molecule is COP(=O)(O)OC(COC(=O)NCCCCCO[C@H]1C[C@@H](O)[C@@H](O)C(CO)O1)COC(=O)NCCCCCO[C@H]1C[C@@H](O)[C@@H](O)[C@@H](CO)O1. The maximum Gasteiger partial charge on any atom is 0.472 e.